The van der Waals surface area contributed by atoms with Crippen LogP contribution in [0, 0.1) is 11.8 Å². The van der Waals surface area contributed by atoms with Crippen molar-refractivity contribution in [3.63, 3.8) is 0 Å². The summed E-state index contributed by atoms with van der Waals surface area (Å²) in [5.74, 6) is -1.02. The molecule has 0 saturated carbocycles. The Bertz CT molecular complexity index is 1350. The number of carbonyl (C=O) groups is 1. The maximum absolute atomic E-state index is 13.4. The minimum atomic E-state index is -1.44. The van der Waals surface area contributed by atoms with E-state index >= 15 is 0 Å². The number of rotatable bonds is 5. The van der Waals surface area contributed by atoms with Gasteiger partial charge in [-0.05, 0) is 47.9 Å². The highest BCUT2D eigenvalue weighted by Gasteiger charge is 2.56. The highest BCUT2D eigenvalue weighted by Crippen LogP contribution is 2.57. The maximum Gasteiger partial charge on any atom is 0.310 e. The third-order valence-corrected chi connectivity index (χ3v) is 8.75. The van der Waals surface area contributed by atoms with Gasteiger partial charge in [-0.25, -0.2) is 0 Å². The number of aliphatic hydroxyl groups is 2. The molecule has 13 nitrogen and oxygen atoms in total. The second-order valence-corrected chi connectivity index (χ2v) is 11.0. The van der Waals surface area contributed by atoms with Crippen molar-refractivity contribution in [3.05, 3.63) is 41.0 Å². The number of ether oxygens (including phenoxy) is 9. The number of phenolic OH excluding ortho intramolecular Hbond substituents is 1. The molecular weight excluding hydrogens is 556 g/mol. The molecule has 0 aromatic heterocycles. The zero-order valence-electron chi connectivity index (χ0n) is 23.1. The van der Waals surface area contributed by atoms with Crippen LogP contribution in [0.2, 0.25) is 0 Å². The van der Waals surface area contributed by atoms with Crippen molar-refractivity contribution in [2.45, 2.75) is 55.9 Å². The van der Waals surface area contributed by atoms with E-state index in [0.29, 0.717) is 28.2 Å². The Morgan fingerprint density at radius 1 is 0.881 bits per heavy atom. The molecule has 13 heteroatoms. The number of hydrogen-bond acceptors (Lipinski definition) is 13. The standard InChI is InChI=1S/C29H32O13/c1-11-36-9-20-27(40-11)24(31)25(32)29(41-20)42-26-14-7-17-16(38-10-39-17)6-13(14)21(22-15(26)8-37-28(22)33)12-4-18(34-2)23(30)19(5-12)35-3/h4-7,11,15,20-22,24-27,29-32H,8-10H2,1-3H3/t11?,15?,20?,21?,22-,24?,25?,26?,27?,29?/m0/s1. The summed E-state index contributed by atoms with van der Waals surface area (Å²) in [7, 11) is 2.86. The Labute approximate surface area is 240 Å². The van der Waals surface area contributed by atoms with Gasteiger partial charge in [-0.1, -0.05) is 0 Å². The summed E-state index contributed by atoms with van der Waals surface area (Å²) >= 11 is 0. The van der Waals surface area contributed by atoms with Gasteiger partial charge in [0.05, 0.1) is 39.5 Å². The predicted octanol–water partition coefficient (Wildman–Crippen LogP) is 1.34. The van der Waals surface area contributed by atoms with Gasteiger partial charge in [0.1, 0.15) is 24.4 Å². The lowest BCUT2D eigenvalue weighted by Gasteiger charge is -2.47. The van der Waals surface area contributed by atoms with E-state index in [1.807, 2.05) is 0 Å². The quantitative estimate of drug-likeness (QED) is 0.430. The molecule has 0 bridgehead atoms. The Morgan fingerprint density at radius 3 is 2.26 bits per heavy atom. The average molecular weight is 589 g/mol. The Hall–Kier alpha value is -3.33. The number of fused-ring (bicyclic) bond motifs is 4. The molecule has 1 aliphatic carbocycles. The van der Waals surface area contributed by atoms with Gasteiger partial charge in [0.25, 0.3) is 0 Å². The first-order valence-corrected chi connectivity index (χ1v) is 13.8. The molecule has 0 amide bonds. The van der Waals surface area contributed by atoms with Crippen LogP contribution in [-0.4, -0.2) is 92.5 Å². The zero-order chi connectivity index (χ0) is 29.3. The van der Waals surface area contributed by atoms with Crippen molar-refractivity contribution in [1.82, 2.24) is 0 Å². The number of esters is 1. The summed E-state index contributed by atoms with van der Waals surface area (Å²) in [5, 5.41) is 32.5. The van der Waals surface area contributed by atoms with Crippen LogP contribution in [0.1, 0.15) is 35.6 Å². The van der Waals surface area contributed by atoms with Crippen LogP contribution in [0.4, 0.5) is 0 Å². The first-order valence-electron chi connectivity index (χ1n) is 13.8. The summed E-state index contributed by atoms with van der Waals surface area (Å²) in [6.07, 6.45) is -6.80. The Kier molecular flexibility index (Phi) is 6.83. The number of aromatic hydroxyl groups is 1. The molecule has 3 fully saturated rings. The van der Waals surface area contributed by atoms with E-state index in [1.54, 1.807) is 31.2 Å². The molecule has 2 aromatic carbocycles. The van der Waals surface area contributed by atoms with Crippen LogP contribution in [-0.2, 0) is 28.5 Å². The third-order valence-electron chi connectivity index (χ3n) is 8.75. The molecule has 4 heterocycles. The smallest absolute Gasteiger partial charge is 0.310 e. The van der Waals surface area contributed by atoms with Gasteiger partial charge in [-0.15, -0.1) is 0 Å². The molecule has 9 unspecified atom stereocenters. The number of benzene rings is 2. The van der Waals surface area contributed by atoms with Crippen molar-refractivity contribution in [1.29, 1.82) is 0 Å². The highest BCUT2D eigenvalue weighted by molar-refractivity contribution is 5.79. The highest BCUT2D eigenvalue weighted by atomic mass is 16.8. The fourth-order valence-electron chi connectivity index (χ4n) is 6.74. The third kappa shape index (κ3) is 4.26. The van der Waals surface area contributed by atoms with Gasteiger partial charge in [-0.3, -0.25) is 4.79 Å². The largest absolute Gasteiger partial charge is 0.502 e. The molecule has 2 aromatic rings. The number of methoxy groups -OCH3 is 2. The molecule has 0 radical (unpaired) electrons. The van der Waals surface area contributed by atoms with Gasteiger partial charge in [-0.2, -0.15) is 0 Å². The normalized spacial score (nSPS) is 36.5. The van der Waals surface area contributed by atoms with Gasteiger partial charge in [0, 0.05) is 11.8 Å². The lowest BCUT2D eigenvalue weighted by atomic mass is 9.66. The number of phenols is 1. The van der Waals surface area contributed by atoms with Crippen LogP contribution in [0.3, 0.4) is 0 Å². The molecule has 4 aliphatic heterocycles. The number of aliphatic hydroxyl groups excluding tert-OH is 2. The topological polar surface area (TPSA) is 161 Å². The molecule has 5 aliphatic rings. The molecule has 0 spiro atoms. The van der Waals surface area contributed by atoms with Gasteiger partial charge >= 0.3 is 5.97 Å². The molecule has 226 valence electrons. The van der Waals surface area contributed by atoms with E-state index in [1.165, 1.54) is 14.2 Å². The van der Waals surface area contributed by atoms with E-state index in [9.17, 15) is 20.1 Å². The first kappa shape index (κ1) is 27.5. The second-order valence-electron chi connectivity index (χ2n) is 11.0. The van der Waals surface area contributed by atoms with Crippen LogP contribution in [0.25, 0.3) is 0 Å². The summed E-state index contributed by atoms with van der Waals surface area (Å²) < 4.78 is 51.5. The zero-order valence-corrected chi connectivity index (χ0v) is 23.1. The van der Waals surface area contributed by atoms with Crippen molar-refractivity contribution in [2.75, 3.05) is 34.2 Å². The summed E-state index contributed by atoms with van der Waals surface area (Å²) in [4.78, 5) is 13.4. The van der Waals surface area contributed by atoms with Crippen LogP contribution < -0.4 is 18.9 Å². The lowest BCUT2D eigenvalue weighted by molar-refractivity contribution is -0.364. The Balaban J connectivity index is 1.32. The second kappa shape index (κ2) is 10.4. The lowest BCUT2D eigenvalue weighted by Crippen LogP contribution is -2.63. The van der Waals surface area contributed by atoms with E-state index in [2.05, 4.69) is 0 Å². The van der Waals surface area contributed by atoms with Crippen molar-refractivity contribution in [2.24, 2.45) is 11.8 Å². The number of hydrogen-bond donors (Lipinski definition) is 3. The summed E-state index contributed by atoms with van der Waals surface area (Å²) in [6.45, 7) is 1.93. The first-order chi connectivity index (χ1) is 20.3. The van der Waals surface area contributed by atoms with E-state index in [0.717, 1.165) is 0 Å². The minimum absolute atomic E-state index is 0.0301. The summed E-state index contributed by atoms with van der Waals surface area (Å²) in [6, 6.07) is 6.93. The molecule has 3 saturated heterocycles. The SMILES string of the molecule is COc1cc(C2c3cc4c(cc3C(OC3OC5COC(C)OC5C(O)C3O)C3COC(=O)[C@H]23)OCO4)cc(OC)c1O. The van der Waals surface area contributed by atoms with Crippen LogP contribution in [0.5, 0.6) is 28.7 Å². The van der Waals surface area contributed by atoms with Crippen molar-refractivity contribution in [3.8, 4) is 28.7 Å². The van der Waals surface area contributed by atoms with E-state index in [-0.39, 0.29) is 37.3 Å². The fraction of sp³-hybridized carbons (Fsp3) is 0.552. The Morgan fingerprint density at radius 2 is 1.57 bits per heavy atom. The fourth-order valence-corrected chi connectivity index (χ4v) is 6.74. The monoisotopic (exact) mass is 588 g/mol. The van der Waals surface area contributed by atoms with Gasteiger partial charge in [0.2, 0.25) is 12.5 Å². The molecule has 3 N–H and O–H groups in total. The minimum Gasteiger partial charge on any atom is -0.502 e. The average Bonchev–Trinajstić information content (AvgIpc) is 3.61. The molecular formula is C29H32O13. The number of cyclic esters (lactones) is 1. The molecule has 42 heavy (non-hydrogen) atoms. The maximum atomic E-state index is 13.4. The number of carbonyl (C=O) groups excluding carboxylic acids is 1. The molecule has 7 rings (SSSR count). The van der Waals surface area contributed by atoms with Crippen molar-refractivity contribution >= 4 is 5.97 Å². The predicted molar refractivity (Wildman–Crippen MR) is 138 cm³/mol. The van der Waals surface area contributed by atoms with Gasteiger partial charge in [0.15, 0.2) is 35.6 Å². The molecule has 10 atom stereocenters. The summed E-state index contributed by atoms with van der Waals surface area (Å²) in [5.41, 5.74) is 2.01. The van der Waals surface area contributed by atoms with Crippen LogP contribution >= 0.6 is 0 Å². The van der Waals surface area contributed by atoms with Crippen LogP contribution in [0.15, 0.2) is 24.3 Å². The van der Waals surface area contributed by atoms with Crippen molar-refractivity contribution < 1.29 is 62.7 Å². The van der Waals surface area contributed by atoms with Gasteiger partial charge < -0.3 is 58.0 Å². The van der Waals surface area contributed by atoms with E-state index in [4.69, 9.17) is 42.6 Å². The van der Waals surface area contributed by atoms with E-state index < -0.39 is 66.8 Å².